The molecule has 0 fully saturated rings. The van der Waals surface area contributed by atoms with Crippen LogP contribution in [0.2, 0.25) is 0 Å². The molecular weight excluding hydrogens is 226 g/mol. The van der Waals surface area contributed by atoms with E-state index in [1.807, 2.05) is 24.3 Å². The summed E-state index contributed by atoms with van der Waals surface area (Å²) in [4.78, 5) is 10.8. The molecule has 0 aromatic heterocycles. The van der Waals surface area contributed by atoms with Gasteiger partial charge in [0.15, 0.2) is 0 Å². The number of aryl methyl sites for hydroxylation is 1. The molecule has 1 aromatic carbocycles. The van der Waals surface area contributed by atoms with Gasteiger partial charge in [-0.15, -0.1) is 11.6 Å². The van der Waals surface area contributed by atoms with Crippen LogP contribution in [0.25, 0.3) is 0 Å². The number of rotatable bonds is 6. The van der Waals surface area contributed by atoms with Crippen LogP contribution in [0.1, 0.15) is 12.0 Å². The van der Waals surface area contributed by atoms with Gasteiger partial charge < -0.3 is 10.1 Å². The zero-order valence-electron chi connectivity index (χ0n) is 9.33. The van der Waals surface area contributed by atoms with Crippen LogP contribution < -0.4 is 10.1 Å². The molecule has 0 aliphatic carbocycles. The molecule has 1 aromatic rings. The maximum absolute atomic E-state index is 10.8. The lowest BCUT2D eigenvalue weighted by atomic mass is 10.1. The number of alkyl halides is 1. The first-order chi connectivity index (χ1) is 7.76. The molecule has 0 atom stereocenters. The van der Waals surface area contributed by atoms with Gasteiger partial charge in [-0.2, -0.15) is 0 Å². The first-order valence-corrected chi connectivity index (χ1v) is 5.75. The molecule has 0 saturated carbocycles. The van der Waals surface area contributed by atoms with Gasteiger partial charge in [0.25, 0.3) is 0 Å². The van der Waals surface area contributed by atoms with Crippen molar-refractivity contribution in [3.05, 3.63) is 29.8 Å². The largest absolute Gasteiger partial charge is 0.497 e. The molecule has 1 N–H and O–H groups in total. The lowest BCUT2D eigenvalue weighted by molar-refractivity contribution is -0.118. The van der Waals surface area contributed by atoms with Crippen molar-refractivity contribution in [3.63, 3.8) is 0 Å². The molecule has 0 unspecified atom stereocenters. The van der Waals surface area contributed by atoms with Gasteiger partial charge in [0, 0.05) is 6.54 Å². The maximum Gasteiger partial charge on any atom is 0.234 e. The normalized spacial score (nSPS) is 9.88. The second-order valence-corrected chi connectivity index (χ2v) is 3.70. The molecule has 88 valence electrons. The molecule has 1 rings (SSSR count). The van der Waals surface area contributed by atoms with Crippen molar-refractivity contribution in [2.24, 2.45) is 0 Å². The fourth-order valence-corrected chi connectivity index (χ4v) is 1.45. The first kappa shape index (κ1) is 12.8. The minimum absolute atomic E-state index is 0.0303. The van der Waals surface area contributed by atoms with Crippen LogP contribution in [-0.4, -0.2) is 25.4 Å². The summed E-state index contributed by atoms with van der Waals surface area (Å²) < 4.78 is 5.07. The predicted octanol–water partition coefficient (Wildman–Crippen LogP) is 1.98. The van der Waals surface area contributed by atoms with Crippen LogP contribution in [0.4, 0.5) is 0 Å². The second-order valence-electron chi connectivity index (χ2n) is 3.44. The monoisotopic (exact) mass is 241 g/mol. The van der Waals surface area contributed by atoms with Gasteiger partial charge in [0.05, 0.1) is 7.11 Å². The van der Waals surface area contributed by atoms with Crippen LogP contribution in [-0.2, 0) is 11.2 Å². The Bertz CT molecular complexity index is 324. The van der Waals surface area contributed by atoms with E-state index in [2.05, 4.69) is 5.32 Å². The van der Waals surface area contributed by atoms with E-state index >= 15 is 0 Å². The average Bonchev–Trinajstić information content (AvgIpc) is 2.35. The zero-order valence-corrected chi connectivity index (χ0v) is 10.1. The number of amides is 1. The molecule has 4 heteroatoms. The molecule has 0 heterocycles. The summed E-state index contributed by atoms with van der Waals surface area (Å²) in [6.07, 6.45) is 1.85. The summed E-state index contributed by atoms with van der Waals surface area (Å²) in [5.41, 5.74) is 1.24. The Morgan fingerprint density at radius 1 is 1.38 bits per heavy atom. The van der Waals surface area contributed by atoms with Crippen molar-refractivity contribution in [3.8, 4) is 5.75 Å². The first-order valence-electron chi connectivity index (χ1n) is 5.22. The SMILES string of the molecule is COc1ccc(CCCNC(=O)CCl)cc1. The molecule has 0 bridgehead atoms. The van der Waals surface area contributed by atoms with Gasteiger partial charge in [0.2, 0.25) is 5.91 Å². The lowest BCUT2D eigenvalue weighted by Crippen LogP contribution is -2.25. The van der Waals surface area contributed by atoms with Gasteiger partial charge in [-0.25, -0.2) is 0 Å². The van der Waals surface area contributed by atoms with Crippen LogP contribution in [0.15, 0.2) is 24.3 Å². The summed E-state index contributed by atoms with van der Waals surface area (Å²) in [7, 11) is 1.65. The number of benzene rings is 1. The maximum atomic E-state index is 10.8. The van der Waals surface area contributed by atoms with Crippen LogP contribution in [0, 0.1) is 0 Å². The smallest absolute Gasteiger partial charge is 0.234 e. The Labute approximate surface area is 101 Å². The Morgan fingerprint density at radius 2 is 2.06 bits per heavy atom. The highest BCUT2D eigenvalue weighted by molar-refractivity contribution is 6.27. The van der Waals surface area contributed by atoms with E-state index < -0.39 is 0 Å². The summed E-state index contributed by atoms with van der Waals surface area (Å²) in [5.74, 6) is 0.776. The van der Waals surface area contributed by atoms with E-state index in [1.165, 1.54) is 5.56 Å². The van der Waals surface area contributed by atoms with Crippen molar-refractivity contribution in [1.29, 1.82) is 0 Å². The number of nitrogens with one attached hydrogen (secondary N) is 1. The Morgan fingerprint density at radius 3 is 2.62 bits per heavy atom. The fraction of sp³-hybridized carbons (Fsp3) is 0.417. The van der Waals surface area contributed by atoms with E-state index in [9.17, 15) is 4.79 Å². The molecule has 0 aliphatic heterocycles. The molecule has 0 saturated heterocycles. The number of hydrogen-bond acceptors (Lipinski definition) is 2. The predicted molar refractivity (Wildman–Crippen MR) is 65.0 cm³/mol. The van der Waals surface area contributed by atoms with Crippen molar-refractivity contribution < 1.29 is 9.53 Å². The minimum atomic E-state index is -0.114. The van der Waals surface area contributed by atoms with Crippen molar-refractivity contribution in [2.75, 3.05) is 19.5 Å². The standard InChI is InChI=1S/C12H16ClNO2/c1-16-11-6-4-10(5-7-11)3-2-8-14-12(15)9-13/h4-7H,2-3,8-9H2,1H3,(H,14,15). The highest BCUT2D eigenvalue weighted by atomic mass is 35.5. The summed E-state index contributed by atoms with van der Waals surface area (Å²) in [5, 5.41) is 2.73. The molecule has 1 amide bonds. The molecule has 0 spiro atoms. The van der Waals surface area contributed by atoms with Crippen molar-refractivity contribution in [1.82, 2.24) is 5.32 Å². The number of halogens is 1. The topological polar surface area (TPSA) is 38.3 Å². The molecule has 3 nitrogen and oxygen atoms in total. The summed E-state index contributed by atoms with van der Waals surface area (Å²) in [6, 6.07) is 7.93. The van der Waals surface area contributed by atoms with E-state index in [-0.39, 0.29) is 11.8 Å². The van der Waals surface area contributed by atoms with Crippen LogP contribution in [0.5, 0.6) is 5.75 Å². The Kier molecular flexibility index (Phi) is 5.72. The van der Waals surface area contributed by atoms with E-state index in [0.717, 1.165) is 18.6 Å². The third-order valence-corrected chi connectivity index (χ3v) is 2.49. The van der Waals surface area contributed by atoms with E-state index in [4.69, 9.17) is 16.3 Å². The summed E-state index contributed by atoms with van der Waals surface area (Å²) >= 11 is 5.36. The highest BCUT2D eigenvalue weighted by Crippen LogP contribution is 2.12. The third-order valence-electron chi connectivity index (χ3n) is 2.24. The average molecular weight is 242 g/mol. The second kappa shape index (κ2) is 7.12. The number of methoxy groups -OCH3 is 1. The third kappa shape index (κ3) is 4.53. The quantitative estimate of drug-likeness (QED) is 0.611. The van der Waals surface area contributed by atoms with Gasteiger partial charge >= 0.3 is 0 Å². The molecule has 0 aliphatic rings. The highest BCUT2D eigenvalue weighted by Gasteiger charge is 1.98. The van der Waals surface area contributed by atoms with E-state index in [1.54, 1.807) is 7.11 Å². The van der Waals surface area contributed by atoms with E-state index in [0.29, 0.717) is 6.54 Å². The van der Waals surface area contributed by atoms with Gasteiger partial charge in [-0.1, -0.05) is 12.1 Å². The molecule has 16 heavy (non-hydrogen) atoms. The number of hydrogen-bond donors (Lipinski definition) is 1. The molecular formula is C12H16ClNO2. The van der Waals surface area contributed by atoms with Crippen molar-refractivity contribution in [2.45, 2.75) is 12.8 Å². The Balaban J connectivity index is 2.24. The molecule has 0 radical (unpaired) electrons. The van der Waals surface area contributed by atoms with Crippen LogP contribution >= 0.6 is 11.6 Å². The van der Waals surface area contributed by atoms with Gasteiger partial charge in [0.1, 0.15) is 11.6 Å². The lowest BCUT2D eigenvalue weighted by Gasteiger charge is -2.04. The zero-order chi connectivity index (χ0) is 11.8. The van der Waals surface area contributed by atoms with Crippen LogP contribution in [0.3, 0.4) is 0 Å². The fourth-order valence-electron chi connectivity index (χ4n) is 1.36. The van der Waals surface area contributed by atoms with Gasteiger partial charge in [-0.3, -0.25) is 4.79 Å². The van der Waals surface area contributed by atoms with Crippen molar-refractivity contribution >= 4 is 17.5 Å². The summed E-state index contributed by atoms with van der Waals surface area (Å²) in [6.45, 7) is 0.664. The van der Waals surface area contributed by atoms with Gasteiger partial charge in [-0.05, 0) is 30.5 Å². The number of ether oxygens (including phenoxy) is 1. The number of carbonyl (C=O) groups is 1. The number of carbonyl (C=O) groups excluding carboxylic acids is 1. The minimum Gasteiger partial charge on any atom is -0.497 e. The Hall–Kier alpha value is -1.22.